The van der Waals surface area contributed by atoms with E-state index in [2.05, 4.69) is 27.0 Å². The van der Waals surface area contributed by atoms with Crippen molar-refractivity contribution in [2.75, 3.05) is 10.6 Å². The fourth-order valence-corrected chi connectivity index (χ4v) is 2.97. The van der Waals surface area contributed by atoms with Gasteiger partial charge in [0.2, 0.25) is 0 Å². The summed E-state index contributed by atoms with van der Waals surface area (Å²) in [5.74, 6) is 0.612. The zero-order valence-corrected chi connectivity index (χ0v) is 14.0. The number of nitrogens with zero attached hydrogens (tertiary/aromatic N) is 2. The van der Waals surface area contributed by atoms with Crippen LogP contribution in [0.4, 0.5) is 22.0 Å². The standard InChI is InChI=1S/C19H21N5O/c20-12-14-6-4-5-9-17(14)24-18-11-10-16(13-21-18)23-19(25)22-15-7-2-1-3-8-15/h4-6,9-11,13,15H,1-3,7-8H2,(H,21,24)(H2,22,23,25). The third kappa shape index (κ3) is 4.70. The van der Waals surface area contributed by atoms with E-state index < -0.39 is 0 Å². The largest absolute Gasteiger partial charge is 0.339 e. The molecule has 1 heterocycles. The molecule has 0 spiro atoms. The maximum absolute atomic E-state index is 12.0. The second-order valence-electron chi connectivity index (χ2n) is 6.15. The summed E-state index contributed by atoms with van der Waals surface area (Å²) in [6.45, 7) is 0. The molecule has 6 heteroatoms. The highest BCUT2D eigenvalue weighted by atomic mass is 16.2. The first-order valence-corrected chi connectivity index (χ1v) is 8.54. The molecule has 25 heavy (non-hydrogen) atoms. The van der Waals surface area contributed by atoms with Crippen molar-refractivity contribution in [3.8, 4) is 6.07 Å². The first-order valence-electron chi connectivity index (χ1n) is 8.54. The van der Waals surface area contributed by atoms with Gasteiger partial charge in [-0.05, 0) is 37.1 Å². The Balaban J connectivity index is 1.56. The van der Waals surface area contributed by atoms with E-state index in [1.54, 1.807) is 24.4 Å². The van der Waals surface area contributed by atoms with E-state index in [-0.39, 0.29) is 12.1 Å². The number of hydrogen-bond donors (Lipinski definition) is 3. The van der Waals surface area contributed by atoms with Crippen molar-refractivity contribution in [3.63, 3.8) is 0 Å². The van der Waals surface area contributed by atoms with Gasteiger partial charge in [0.05, 0.1) is 23.1 Å². The molecular weight excluding hydrogens is 314 g/mol. The number of para-hydroxylation sites is 1. The van der Waals surface area contributed by atoms with Crippen LogP contribution in [0, 0.1) is 11.3 Å². The lowest BCUT2D eigenvalue weighted by molar-refractivity contribution is 0.244. The monoisotopic (exact) mass is 335 g/mol. The number of pyridine rings is 1. The molecule has 1 saturated carbocycles. The molecule has 0 unspecified atom stereocenters. The van der Waals surface area contributed by atoms with E-state index in [1.165, 1.54) is 19.3 Å². The highest BCUT2D eigenvalue weighted by molar-refractivity contribution is 5.89. The smallest absolute Gasteiger partial charge is 0.319 e. The molecule has 1 aromatic carbocycles. The van der Waals surface area contributed by atoms with Crippen LogP contribution in [0.1, 0.15) is 37.7 Å². The Bertz CT molecular complexity index is 760. The van der Waals surface area contributed by atoms with Gasteiger partial charge in [0.15, 0.2) is 0 Å². The van der Waals surface area contributed by atoms with Crippen molar-refractivity contribution in [3.05, 3.63) is 48.2 Å². The minimum Gasteiger partial charge on any atom is -0.339 e. The summed E-state index contributed by atoms with van der Waals surface area (Å²) in [5, 5.41) is 18.0. The molecule has 3 rings (SSSR count). The SMILES string of the molecule is N#Cc1ccccc1Nc1ccc(NC(=O)NC2CCCCC2)cn1. The van der Waals surface area contributed by atoms with Gasteiger partial charge in [0.1, 0.15) is 11.9 Å². The molecule has 0 aliphatic heterocycles. The number of aromatic nitrogens is 1. The topological polar surface area (TPSA) is 89.8 Å². The molecule has 0 saturated heterocycles. The summed E-state index contributed by atoms with van der Waals surface area (Å²) in [4.78, 5) is 16.3. The fourth-order valence-electron chi connectivity index (χ4n) is 2.97. The van der Waals surface area contributed by atoms with Gasteiger partial charge >= 0.3 is 6.03 Å². The van der Waals surface area contributed by atoms with Crippen molar-refractivity contribution >= 4 is 23.2 Å². The minimum absolute atomic E-state index is 0.191. The number of carbonyl (C=O) groups excluding carboxylic acids is 1. The lowest BCUT2D eigenvalue weighted by Crippen LogP contribution is -2.39. The second-order valence-corrected chi connectivity index (χ2v) is 6.15. The number of nitrogens with one attached hydrogen (secondary N) is 3. The van der Waals surface area contributed by atoms with Crippen LogP contribution in [-0.2, 0) is 0 Å². The van der Waals surface area contributed by atoms with E-state index in [0.29, 0.717) is 22.8 Å². The van der Waals surface area contributed by atoms with Crippen molar-refractivity contribution in [2.45, 2.75) is 38.1 Å². The molecule has 0 bridgehead atoms. The first-order chi connectivity index (χ1) is 12.2. The Hall–Kier alpha value is -3.07. The van der Waals surface area contributed by atoms with E-state index in [9.17, 15) is 4.79 Å². The van der Waals surface area contributed by atoms with Crippen LogP contribution in [0.3, 0.4) is 0 Å². The molecule has 2 amide bonds. The molecule has 0 radical (unpaired) electrons. The maximum Gasteiger partial charge on any atom is 0.319 e. The lowest BCUT2D eigenvalue weighted by Gasteiger charge is -2.22. The van der Waals surface area contributed by atoms with E-state index in [1.807, 2.05) is 18.2 Å². The number of anilines is 3. The Morgan fingerprint density at radius 1 is 1.12 bits per heavy atom. The van der Waals surface area contributed by atoms with Crippen LogP contribution in [0.15, 0.2) is 42.6 Å². The van der Waals surface area contributed by atoms with Gasteiger partial charge in [-0.25, -0.2) is 9.78 Å². The van der Waals surface area contributed by atoms with Crippen LogP contribution < -0.4 is 16.0 Å². The Morgan fingerprint density at radius 2 is 1.92 bits per heavy atom. The van der Waals surface area contributed by atoms with Crippen molar-refractivity contribution < 1.29 is 4.79 Å². The summed E-state index contributed by atoms with van der Waals surface area (Å²) in [6.07, 6.45) is 7.30. The Morgan fingerprint density at radius 3 is 2.64 bits per heavy atom. The number of urea groups is 1. The van der Waals surface area contributed by atoms with Crippen LogP contribution in [0.25, 0.3) is 0 Å². The number of rotatable bonds is 4. The summed E-state index contributed by atoms with van der Waals surface area (Å²) >= 11 is 0. The van der Waals surface area contributed by atoms with Gasteiger partial charge in [-0.3, -0.25) is 0 Å². The van der Waals surface area contributed by atoms with Crippen LogP contribution in [0.2, 0.25) is 0 Å². The fraction of sp³-hybridized carbons (Fsp3) is 0.316. The van der Waals surface area contributed by atoms with Crippen molar-refractivity contribution in [1.82, 2.24) is 10.3 Å². The molecule has 128 valence electrons. The number of amides is 2. The molecule has 6 nitrogen and oxygen atoms in total. The van der Waals surface area contributed by atoms with Crippen LogP contribution in [-0.4, -0.2) is 17.1 Å². The van der Waals surface area contributed by atoms with E-state index in [0.717, 1.165) is 12.8 Å². The molecule has 1 aromatic heterocycles. The molecule has 0 atom stereocenters. The number of hydrogen-bond acceptors (Lipinski definition) is 4. The maximum atomic E-state index is 12.0. The molecule has 2 aromatic rings. The average Bonchev–Trinajstić information content (AvgIpc) is 2.64. The minimum atomic E-state index is -0.191. The number of benzene rings is 1. The summed E-state index contributed by atoms with van der Waals surface area (Å²) < 4.78 is 0. The van der Waals surface area contributed by atoms with Gasteiger partial charge in [-0.2, -0.15) is 5.26 Å². The zero-order valence-electron chi connectivity index (χ0n) is 14.0. The average molecular weight is 335 g/mol. The van der Waals surface area contributed by atoms with Gasteiger partial charge < -0.3 is 16.0 Å². The highest BCUT2D eigenvalue weighted by Crippen LogP contribution is 2.20. The molecule has 1 aliphatic carbocycles. The van der Waals surface area contributed by atoms with Gasteiger partial charge in [-0.1, -0.05) is 31.4 Å². The third-order valence-corrected chi connectivity index (χ3v) is 4.27. The van der Waals surface area contributed by atoms with Crippen LogP contribution >= 0.6 is 0 Å². The molecule has 1 fully saturated rings. The zero-order chi connectivity index (χ0) is 17.5. The normalized spacial score (nSPS) is 14.4. The predicted molar refractivity (Wildman–Crippen MR) is 97.7 cm³/mol. The van der Waals surface area contributed by atoms with Gasteiger partial charge in [0.25, 0.3) is 0 Å². The van der Waals surface area contributed by atoms with E-state index >= 15 is 0 Å². The quantitative estimate of drug-likeness (QED) is 0.783. The summed E-state index contributed by atoms with van der Waals surface area (Å²) in [5.41, 5.74) is 1.89. The first kappa shape index (κ1) is 16.8. The molecule has 3 N–H and O–H groups in total. The van der Waals surface area contributed by atoms with Crippen LogP contribution in [0.5, 0.6) is 0 Å². The number of carbonyl (C=O) groups is 1. The summed E-state index contributed by atoms with van der Waals surface area (Å²) in [7, 11) is 0. The Labute approximate surface area is 147 Å². The molecular formula is C19H21N5O. The second kappa shape index (κ2) is 8.15. The van der Waals surface area contributed by atoms with Gasteiger partial charge in [0, 0.05) is 6.04 Å². The molecule has 1 aliphatic rings. The van der Waals surface area contributed by atoms with Crippen molar-refractivity contribution in [1.29, 1.82) is 5.26 Å². The lowest BCUT2D eigenvalue weighted by atomic mass is 9.96. The predicted octanol–water partition coefficient (Wildman–Crippen LogP) is 4.15. The van der Waals surface area contributed by atoms with E-state index in [4.69, 9.17) is 5.26 Å². The Kier molecular flexibility index (Phi) is 5.47. The van der Waals surface area contributed by atoms with Crippen molar-refractivity contribution in [2.24, 2.45) is 0 Å². The third-order valence-electron chi connectivity index (χ3n) is 4.27. The van der Waals surface area contributed by atoms with Gasteiger partial charge in [-0.15, -0.1) is 0 Å². The number of nitriles is 1. The highest BCUT2D eigenvalue weighted by Gasteiger charge is 2.15. The summed E-state index contributed by atoms with van der Waals surface area (Å²) in [6, 6.07) is 13.0.